The lowest BCUT2D eigenvalue weighted by molar-refractivity contribution is 0.0735. The van der Waals surface area contributed by atoms with E-state index in [0.717, 1.165) is 12.6 Å². The number of hydrogen-bond donors (Lipinski definition) is 1. The number of nitrogens with one attached hydrogen (secondary N) is 1. The zero-order chi connectivity index (χ0) is 15.3. The van der Waals surface area contributed by atoms with E-state index in [-0.39, 0.29) is 0 Å². The number of piperidine rings is 2. The first-order chi connectivity index (χ1) is 9.96. The summed E-state index contributed by atoms with van der Waals surface area (Å²) in [5.74, 6) is 0. The quantitative estimate of drug-likeness (QED) is 0.813. The summed E-state index contributed by atoms with van der Waals surface area (Å²) in [6.45, 7) is 16.9. The molecule has 2 heterocycles. The van der Waals surface area contributed by atoms with Crippen LogP contribution >= 0.6 is 0 Å². The van der Waals surface area contributed by atoms with Crippen molar-refractivity contribution in [2.45, 2.75) is 71.9 Å². The number of likely N-dealkylation sites (tertiary alicyclic amines) is 2. The average Bonchev–Trinajstić information content (AvgIpc) is 2.47. The van der Waals surface area contributed by atoms with Crippen LogP contribution in [0.4, 0.5) is 0 Å². The van der Waals surface area contributed by atoms with Gasteiger partial charge in [0.05, 0.1) is 0 Å². The normalized spacial score (nSPS) is 23.9. The molecule has 1 N–H and O–H groups in total. The van der Waals surface area contributed by atoms with Gasteiger partial charge in [0.2, 0.25) is 0 Å². The van der Waals surface area contributed by atoms with E-state index in [9.17, 15) is 0 Å². The van der Waals surface area contributed by atoms with Gasteiger partial charge in [-0.15, -0.1) is 0 Å². The highest BCUT2D eigenvalue weighted by molar-refractivity contribution is 4.84. The minimum atomic E-state index is 0.377. The molecule has 21 heavy (non-hydrogen) atoms. The lowest BCUT2D eigenvalue weighted by atomic mass is 9.90. The molecule has 2 saturated heterocycles. The zero-order valence-electron chi connectivity index (χ0n) is 14.8. The van der Waals surface area contributed by atoms with Crippen LogP contribution in [0.25, 0.3) is 0 Å². The van der Waals surface area contributed by atoms with Gasteiger partial charge in [0, 0.05) is 25.2 Å². The Labute approximate surface area is 132 Å². The van der Waals surface area contributed by atoms with Gasteiger partial charge >= 0.3 is 0 Å². The molecule has 0 bridgehead atoms. The van der Waals surface area contributed by atoms with Crippen molar-refractivity contribution in [3.8, 4) is 0 Å². The maximum absolute atomic E-state index is 3.60. The molecule has 3 heteroatoms. The van der Waals surface area contributed by atoms with Crippen LogP contribution in [0.1, 0.15) is 59.8 Å². The summed E-state index contributed by atoms with van der Waals surface area (Å²) in [6, 6.07) is 1.47. The Hall–Kier alpha value is -0.120. The van der Waals surface area contributed by atoms with Crippen molar-refractivity contribution >= 4 is 0 Å². The summed E-state index contributed by atoms with van der Waals surface area (Å²) in [4.78, 5) is 5.47. The van der Waals surface area contributed by atoms with E-state index >= 15 is 0 Å². The zero-order valence-corrected chi connectivity index (χ0v) is 14.8. The van der Waals surface area contributed by atoms with Crippen molar-refractivity contribution in [1.82, 2.24) is 15.1 Å². The van der Waals surface area contributed by atoms with E-state index in [1.807, 2.05) is 0 Å². The van der Waals surface area contributed by atoms with Gasteiger partial charge in [0.15, 0.2) is 0 Å². The van der Waals surface area contributed by atoms with Crippen LogP contribution in [-0.2, 0) is 0 Å². The van der Waals surface area contributed by atoms with E-state index < -0.39 is 0 Å². The van der Waals surface area contributed by atoms with E-state index in [4.69, 9.17) is 0 Å². The largest absolute Gasteiger partial charge is 0.314 e. The van der Waals surface area contributed by atoms with Crippen molar-refractivity contribution in [3.05, 3.63) is 0 Å². The second kappa shape index (κ2) is 7.94. The molecule has 2 aliphatic rings. The Balaban J connectivity index is 1.70. The van der Waals surface area contributed by atoms with Crippen LogP contribution in [0.2, 0.25) is 0 Å². The molecule has 2 aliphatic heterocycles. The Morgan fingerprint density at radius 1 is 1.00 bits per heavy atom. The smallest absolute Gasteiger partial charge is 0.0120 e. The van der Waals surface area contributed by atoms with Crippen LogP contribution in [0.5, 0.6) is 0 Å². The highest BCUT2D eigenvalue weighted by atomic mass is 15.2. The number of hydrogen-bond acceptors (Lipinski definition) is 3. The maximum atomic E-state index is 3.60. The van der Waals surface area contributed by atoms with Gasteiger partial charge in [-0.1, -0.05) is 34.1 Å². The third-order valence-electron chi connectivity index (χ3n) is 5.10. The van der Waals surface area contributed by atoms with Crippen LogP contribution < -0.4 is 5.32 Å². The fraction of sp³-hybridized carbons (Fsp3) is 1.00. The molecular weight excluding hydrogens is 258 g/mol. The molecule has 0 saturated carbocycles. The third-order valence-corrected chi connectivity index (χ3v) is 5.10. The van der Waals surface area contributed by atoms with E-state index in [1.54, 1.807) is 0 Å². The predicted molar refractivity (Wildman–Crippen MR) is 91.8 cm³/mol. The minimum absolute atomic E-state index is 0.377. The minimum Gasteiger partial charge on any atom is -0.314 e. The molecule has 0 radical (unpaired) electrons. The molecule has 2 rings (SSSR count). The Kier molecular flexibility index (Phi) is 6.51. The van der Waals surface area contributed by atoms with Crippen molar-refractivity contribution in [2.24, 2.45) is 5.41 Å². The first kappa shape index (κ1) is 17.2. The lowest BCUT2D eigenvalue weighted by Gasteiger charge is -2.42. The molecular formula is C18H37N3. The first-order valence-corrected chi connectivity index (χ1v) is 9.16. The monoisotopic (exact) mass is 295 g/mol. The number of nitrogens with zero attached hydrogens (tertiary/aromatic N) is 2. The molecule has 0 aromatic heterocycles. The van der Waals surface area contributed by atoms with Gasteiger partial charge in [-0.25, -0.2) is 0 Å². The summed E-state index contributed by atoms with van der Waals surface area (Å²) in [5, 5.41) is 3.60. The van der Waals surface area contributed by atoms with Crippen LogP contribution in [0.3, 0.4) is 0 Å². The Bertz CT molecular complexity index is 287. The van der Waals surface area contributed by atoms with E-state index in [1.165, 1.54) is 64.8 Å². The SMILES string of the molecule is CC(C)NCC(C)(C)CN1CCC(N2CCCCC2)CC1. The summed E-state index contributed by atoms with van der Waals surface area (Å²) in [7, 11) is 0. The molecule has 124 valence electrons. The second-order valence-electron chi connectivity index (χ2n) is 8.30. The van der Waals surface area contributed by atoms with Crippen molar-refractivity contribution in [3.63, 3.8) is 0 Å². The van der Waals surface area contributed by atoms with Crippen LogP contribution in [0, 0.1) is 5.41 Å². The molecule has 0 unspecified atom stereocenters. The predicted octanol–water partition coefficient (Wildman–Crippen LogP) is 2.96. The fourth-order valence-electron chi connectivity index (χ4n) is 3.87. The standard InChI is InChI=1S/C18H37N3/c1-16(2)19-14-18(3,4)15-20-12-8-17(9-13-20)21-10-6-5-7-11-21/h16-17,19H,5-15H2,1-4H3. The summed E-state index contributed by atoms with van der Waals surface area (Å²) in [6.07, 6.45) is 7.07. The maximum Gasteiger partial charge on any atom is 0.0120 e. The summed E-state index contributed by atoms with van der Waals surface area (Å²) in [5.41, 5.74) is 0.377. The average molecular weight is 296 g/mol. The molecule has 0 aromatic carbocycles. The highest BCUT2D eigenvalue weighted by Gasteiger charge is 2.28. The van der Waals surface area contributed by atoms with Crippen molar-refractivity contribution in [1.29, 1.82) is 0 Å². The molecule has 0 spiro atoms. The highest BCUT2D eigenvalue weighted by Crippen LogP contribution is 2.23. The van der Waals surface area contributed by atoms with E-state index in [2.05, 4.69) is 42.8 Å². The van der Waals surface area contributed by atoms with Gasteiger partial charge < -0.3 is 15.1 Å². The fourth-order valence-corrected chi connectivity index (χ4v) is 3.87. The third kappa shape index (κ3) is 5.88. The van der Waals surface area contributed by atoms with Gasteiger partial charge in [-0.05, 0) is 57.3 Å². The summed E-state index contributed by atoms with van der Waals surface area (Å²) >= 11 is 0. The second-order valence-corrected chi connectivity index (χ2v) is 8.30. The molecule has 3 nitrogen and oxygen atoms in total. The van der Waals surface area contributed by atoms with Crippen LogP contribution in [-0.4, -0.2) is 61.2 Å². The molecule has 0 aliphatic carbocycles. The molecule has 2 fully saturated rings. The summed E-state index contributed by atoms with van der Waals surface area (Å²) < 4.78 is 0. The topological polar surface area (TPSA) is 18.5 Å². The van der Waals surface area contributed by atoms with Crippen molar-refractivity contribution in [2.75, 3.05) is 39.3 Å². The van der Waals surface area contributed by atoms with Gasteiger partial charge in [0.25, 0.3) is 0 Å². The van der Waals surface area contributed by atoms with Gasteiger partial charge in [-0.3, -0.25) is 0 Å². The van der Waals surface area contributed by atoms with Crippen LogP contribution in [0.15, 0.2) is 0 Å². The first-order valence-electron chi connectivity index (χ1n) is 9.16. The molecule has 0 aromatic rings. The molecule has 0 atom stereocenters. The van der Waals surface area contributed by atoms with E-state index in [0.29, 0.717) is 11.5 Å². The number of rotatable bonds is 6. The van der Waals surface area contributed by atoms with Gasteiger partial charge in [-0.2, -0.15) is 0 Å². The Morgan fingerprint density at radius 2 is 1.62 bits per heavy atom. The van der Waals surface area contributed by atoms with Crippen molar-refractivity contribution < 1.29 is 0 Å². The lowest BCUT2D eigenvalue weighted by Crippen LogP contribution is -2.49. The van der Waals surface area contributed by atoms with Gasteiger partial charge in [0.1, 0.15) is 0 Å². The molecule has 0 amide bonds. The Morgan fingerprint density at radius 3 is 2.19 bits per heavy atom.